The largest absolute Gasteiger partial charge is 0.417 e. The van der Waals surface area contributed by atoms with Gasteiger partial charge in [0.05, 0.1) is 0 Å². The van der Waals surface area contributed by atoms with E-state index >= 15 is 0 Å². The third-order valence-corrected chi connectivity index (χ3v) is 5.75. The topological polar surface area (TPSA) is 9.23 Å². The molecule has 0 spiro atoms. The Morgan fingerprint density at radius 1 is 1.19 bits per heavy atom. The predicted octanol–water partition coefficient (Wildman–Crippen LogP) is 3.49. The molecule has 2 heteroatoms. The van der Waals surface area contributed by atoms with Gasteiger partial charge >= 0.3 is 0 Å². The molecule has 2 saturated carbocycles. The van der Waals surface area contributed by atoms with Gasteiger partial charge in [-0.3, -0.25) is 0 Å². The molecule has 1 radical (unpaired) electrons. The fourth-order valence-electron chi connectivity index (χ4n) is 4.39. The van der Waals surface area contributed by atoms with E-state index in [4.69, 9.17) is 4.43 Å². The Kier molecular flexibility index (Phi) is 2.97. The van der Waals surface area contributed by atoms with Crippen molar-refractivity contribution in [2.24, 2.45) is 29.6 Å². The van der Waals surface area contributed by atoms with Crippen LogP contribution < -0.4 is 0 Å². The molecule has 0 aromatic carbocycles. The Morgan fingerprint density at radius 2 is 2.00 bits per heavy atom. The van der Waals surface area contributed by atoms with Crippen LogP contribution in [0, 0.1) is 29.6 Å². The molecule has 0 aromatic rings. The molecular formula is C14H23OSi. The second-order valence-electron chi connectivity index (χ2n) is 6.08. The summed E-state index contributed by atoms with van der Waals surface area (Å²) in [6.45, 7) is 5.46. The van der Waals surface area contributed by atoms with Gasteiger partial charge in [-0.05, 0) is 68.4 Å². The van der Waals surface area contributed by atoms with Crippen LogP contribution in [0.15, 0.2) is 12.2 Å². The van der Waals surface area contributed by atoms with Gasteiger partial charge in [-0.25, -0.2) is 0 Å². The van der Waals surface area contributed by atoms with Crippen LogP contribution in [0.4, 0.5) is 0 Å². The summed E-state index contributed by atoms with van der Waals surface area (Å²) in [5, 5.41) is 0. The van der Waals surface area contributed by atoms with Gasteiger partial charge in [0.15, 0.2) is 0 Å². The summed E-state index contributed by atoms with van der Waals surface area (Å²) in [7, 11) is -0.482. The Bertz CT molecular complexity index is 286. The van der Waals surface area contributed by atoms with Gasteiger partial charge in [-0.15, -0.1) is 0 Å². The summed E-state index contributed by atoms with van der Waals surface area (Å²) in [6, 6.07) is 0. The van der Waals surface area contributed by atoms with E-state index in [9.17, 15) is 0 Å². The summed E-state index contributed by atoms with van der Waals surface area (Å²) in [5.41, 5.74) is 0. The molecule has 3 aliphatic rings. The third-order valence-electron chi connectivity index (χ3n) is 4.96. The van der Waals surface area contributed by atoms with E-state index in [1.807, 2.05) is 0 Å². The predicted molar refractivity (Wildman–Crippen MR) is 68.5 cm³/mol. The minimum atomic E-state index is -0.482. The number of allylic oxidation sites excluding steroid dienone is 2. The van der Waals surface area contributed by atoms with Gasteiger partial charge in [0, 0.05) is 6.61 Å². The zero-order chi connectivity index (χ0) is 11.1. The Morgan fingerprint density at radius 3 is 2.81 bits per heavy atom. The van der Waals surface area contributed by atoms with E-state index in [0.29, 0.717) is 0 Å². The summed E-state index contributed by atoms with van der Waals surface area (Å²) >= 11 is 0. The molecule has 0 amide bonds. The van der Waals surface area contributed by atoms with Crippen LogP contribution in [-0.2, 0) is 4.43 Å². The first kappa shape index (κ1) is 11.0. The number of hydrogen-bond donors (Lipinski definition) is 0. The van der Waals surface area contributed by atoms with E-state index in [0.717, 1.165) is 36.2 Å². The first-order chi connectivity index (χ1) is 7.75. The molecule has 5 unspecified atom stereocenters. The normalized spacial score (nSPS) is 44.6. The molecule has 0 aliphatic heterocycles. The number of hydrogen-bond acceptors (Lipinski definition) is 1. The van der Waals surface area contributed by atoms with Crippen molar-refractivity contribution in [2.45, 2.75) is 38.8 Å². The van der Waals surface area contributed by atoms with Crippen LogP contribution in [-0.4, -0.2) is 15.6 Å². The maximum absolute atomic E-state index is 5.80. The maximum atomic E-state index is 5.80. The van der Waals surface area contributed by atoms with Crippen molar-refractivity contribution in [3.63, 3.8) is 0 Å². The summed E-state index contributed by atoms with van der Waals surface area (Å²) < 4.78 is 5.80. The van der Waals surface area contributed by atoms with Gasteiger partial charge in [0.1, 0.15) is 0 Å². The highest BCUT2D eigenvalue weighted by Crippen LogP contribution is 2.58. The molecule has 0 N–H and O–H groups in total. The fraction of sp³-hybridized carbons (Fsp3) is 0.857. The van der Waals surface area contributed by atoms with Gasteiger partial charge in [-0.2, -0.15) is 0 Å². The van der Waals surface area contributed by atoms with Gasteiger partial charge in [0.25, 0.3) is 0 Å². The molecule has 5 atom stereocenters. The quantitative estimate of drug-likeness (QED) is 0.535. The first-order valence-corrected chi connectivity index (χ1v) is 9.28. The second kappa shape index (κ2) is 4.30. The van der Waals surface area contributed by atoms with E-state index in [1.54, 1.807) is 0 Å². The Labute approximate surface area is 101 Å². The SMILES string of the molecule is C[Si](C)OCCC1C=CC2C3CCC(C3)C12. The second-order valence-corrected chi connectivity index (χ2v) is 8.19. The molecule has 3 aliphatic carbocycles. The van der Waals surface area contributed by atoms with Crippen molar-refractivity contribution >= 4 is 9.04 Å². The van der Waals surface area contributed by atoms with Crippen molar-refractivity contribution in [1.29, 1.82) is 0 Å². The number of rotatable bonds is 4. The van der Waals surface area contributed by atoms with Crippen LogP contribution in [0.1, 0.15) is 25.7 Å². The molecule has 0 heterocycles. The van der Waals surface area contributed by atoms with Crippen LogP contribution in [0.25, 0.3) is 0 Å². The lowest BCUT2D eigenvalue weighted by molar-refractivity contribution is 0.196. The van der Waals surface area contributed by atoms with Crippen LogP contribution in [0.2, 0.25) is 13.1 Å². The number of fused-ring (bicyclic) bond motifs is 5. The average molecular weight is 235 g/mol. The molecular weight excluding hydrogens is 212 g/mol. The fourth-order valence-corrected chi connectivity index (χ4v) is 4.91. The molecule has 1 nitrogen and oxygen atoms in total. The molecule has 2 fully saturated rings. The summed E-state index contributed by atoms with van der Waals surface area (Å²) in [6.07, 6.45) is 10.9. The van der Waals surface area contributed by atoms with E-state index in [2.05, 4.69) is 25.2 Å². The highest BCUT2D eigenvalue weighted by molar-refractivity contribution is 6.48. The van der Waals surface area contributed by atoms with Crippen molar-refractivity contribution < 1.29 is 4.43 Å². The summed E-state index contributed by atoms with van der Waals surface area (Å²) in [4.78, 5) is 0. The van der Waals surface area contributed by atoms with Gasteiger partial charge in [0.2, 0.25) is 9.04 Å². The molecule has 89 valence electrons. The molecule has 0 saturated heterocycles. The molecule has 16 heavy (non-hydrogen) atoms. The van der Waals surface area contributed by atoms with E-state index in [1.165, 1.54) is 25.7 Å². The van der Waals surface area contributed by atoms with Crippen LogP contribution >= 0.6 is 0 Å². The minimum absolute atomic E-state index is 0.482. The molecule has 0 aromatic heterocycles. The average Bonchev–Trinajstić information content (AvgIpc) is 2.87. The van der Waals surface area contributed by atoms with E-state index < -0.39 is 9.04 Å². The first-order valence-electron chi connectivity index (χ1n) is 6.87. The lowest BCUT2D eigenvalue weighted by atomic mass is 9.76. The Hall–Kier alpha value is -0.0831. The zero-order valence-corrected chi connectivity index (χ0v) is 11.5. The molecule has 3 rings (SSSR count). The summed E-state index contributed by atoms with van der Waals surface area (Å²) in [5.74, 6) is 4.92. The zero-order valence-electron chi connectivity index (χ0n) is 10.5. The van der Waals surface area contributed by atoms with Crippen molar-refractivity contribution in [3.05, 3.63) is 12.2 Å². The maximum Gasteiger partial charge on any atom is 0.204 e. The smallest absolute Gasteiger partial charge is 0.204 e. The van der Waals surface area contributed by atoms with Crippen molar-refractivity contribution in [2.75, 3.05) is 6.61 Å². The third kappa shape index (κ3) is 1.80. The lowest BCUT2D eigenvalue weighted by Crippen LogP contribution is -2.24. The van der Waals surface area contributed by atoms with Crippen molar-refractivity contribution in [1.82, 2.24) is 0 Å². The van der Waals surface area contributed by atoms with Gasteiger partial charge in [-0.1, -0.05) is 12.2 Å². The Balaban J connectivity index is 1.56. The van der Waals surface area contributed by atoms with E-state index in [-0.39, 0.29) is 0 Å². The van der Waals surface area contributed by atoms with Gasteiger partial charge < -0.3 is 4.43 Å². The highest BCUT2D eigenvalue weighted by atomic mass is 28.3. The van der Waals surface area contributed by atoms with Crippen LogP contribution in [0.3, 0.4) is 0 Å². The molecule has 2 bridgehead atoms. The monoisotopic (exact) mass is 235 g/mol. The minimum Gasteiger partial charge on any atom is -0.417 e. The van der Waals surface area contributed by atoms with Crippen LogP contribution in [0.5, 0.6) is 0 Å². The highest BCUT2D eigenvalue weighted by Gasteiger charge is 2.50. The van der Waals surface area contributed by atoms with Crippen molar-refractivity contribution in [3.8, 4) is 0 Å². The standard InChI is InChI=1S/C14H23OSi/c1-16(2)15-8-7-10-5-6-13-11-3-4-12(9-11)14(10)13/h5-6,10-14H,3-4,7-9H2,1-2H3. The lowest BCUT2D eigenvalue weighted by Gasteiger charge is -2.29.